The molecule has 0 heteroatoms. The molecule has 0 N–H and O–H groups in total. The van der Waals surface area contributed by atoms with E-state index in [1.807, 2.05) is 0 Å². The molecule has 25 heavy (non-hydrogen) atoms. The first-order chi connectivity index (χ1) is 12.3. The second-order valence-corrected chi connectivity index (χ2v) is 6.63. The quantitative estimate of drug-likeness (QED) is 0.403. The average molecular weight is 320 g/mol. The van der Waals surface area contributed by atoms with Crippen molar-refractivity contribution in [1.82, 2.24) is 0 Å². The van der Waals surface area contributed by atoms with Crippen LogP contribution >= 0.6 is 0 Å². The Morgan fingerprint density at radius 3 is 1.48 bits per heavy atom. The minimum atomic E-state index is 0.210. The van der Waals surface area contributed by atoms with E-state index in [1.54, 1.807) is 0 Å². The highest BCUT2D eigenvalue weighted by Gasteiger charge is 2.09. The van der Waals surface area contributed by atoms with E-state index in [9.17, 15) is 0 Å². The normalized spacial score (nSPS) is 11.0. The van der Waals surface area contributed by atoms with Gasteiger partial charge < -0.3 is 0 Å². The van der Waals surface area contributed by atoms with E-state index in [4.69, 9.17) is 6.42 Å². The Kier molecular flexibility index (Phi) is 4.23. The van der Waals surface area contributed by atoms with Crippen molar-refractivity contribution in [2.45, 2.75) is 12.8 Å². The van der Waals surface area contributed by atoms with Crippen LogP contribution in [0.3, 0.4) is 0 Å². The van der Waals surface area contributed by atoms with Crippen molar-refractivity contribution in [1.29, 1.82) is 0 Å². The molecule has 4 rings (SSSR count). The fourth-order valence-electron chi connectivity index (χ4n) is 3.49. The van der Waals surface area contributed by atoms with Gasteiger partial charge in [0.05, 0.1) is 0 Å². The highest BCUT2D eigenvalue weighted by molar-refractivity contribution is 5.83. The minimum Gasteiger partial charge on any atom is -0.120 e. The monoisotopic (exact) mass is 320 g/mol. The zero-order valence-corrected chi connectivity index (χ0v) is 14.2. The second-order valence-electron chi connectivity index (χ2n) is 6.63. The lowest BCUT2D eigenvalue weighted by Crippen LogP contribution is -2.06. The van der Waals surface area contributed by atoms with Crippen LogP contribution in [0.15, 0.2) is 84.9 Å². The number of benzene rings is 4. The van der Waals surface area contributed by atoms with Crippen LogP contribution in [0.2, 0.25) is 0 Å². The predicted octanol–water partition coefficient (Wildman–Crippen LogP) is 6.03. The molecular weight excluding hydrogens is 300 g/mol. The molecule has 0 aliphatic carbocycles. The number of hydrogen-bond acceptors (Lipinski definition) is 0. The summed E-state index contributed by atoms with van der Waals surface area (Å²) in [5.74, 6) is 3.21. The van der Waals surface area contributed by atoms with Gasteiger partial charge in [-0.25, -0.2) is 0 Å². The third-order valence-electron chi connectivity index (χ3n) is 4.83. The third-order valence-corrected chi connectivity index (χ3v) is 4.83. The van der Waals surface area contributed by atoms with Gasteiger partial charge in [-0.2, -0.15) is 0 Å². The van der Waals surface area contributed by atoms with Gasteiger partial charge in [0.1, 0.15) is 0 Å². The summed E-state index contributed by atoms with van der Waals surface area (Å²) in [6.45, 7) is 0. The molecule has 120 valence electrons. The lowest BCUT2D eigenvalue weighted by atomic mass is 9.91. The van der Waals surface area contributed by atoms with Crippen molar-refractivity contribution in [3.63, 3.8) is 0 Å². The fourth-order valence-corrected chi connectivity index (χ4v) is 3.49. The zero-order chi connectivity index (χ0) is 17.1. The van der Waals surface area contributed by atoms with Crippen LogP contribution in [0.1, 0.15) is 11.1 Å². The van der Waals surface area contributed by atoms with E-state index >= 15 is 0 Å². The molecule has 0 unspecified atom stereocenters. The topological polar surface area (TPSA) is 0 Å². The van der Waals surface area contributed by atoms with Crippen molar-refractivity contribution < 1.29 is 0 Å². The molecule has 0 nitrogen and oxygen atoms in total. The molecule has 0 spiro atoms. The maximum absolute atomic E-state index is 5.84. The SMILES string of the molecule is C#CC(Cc1ccc2ccccc2c1)Cc1ccc2ccccc2c1. The summed E-state index contributed by atoms with van der Waals surface area (Å²) >= 11 is 0. The van der Waals surface area contributed by atoms with Crippen molar-refractivity contribution in [3.8, 4) is 12.3 Å². The van der Waals surface area contributed by atoms with Crippen LogP contribution < -0.4 is 0 Å². The maximum Gasteiger partial charge on any atom is 0.0280 e. The standard InChI is InChI=1S/C25H20/c1-2-19(15-20-11-13-22-7-3-5-9-24(22)17-20)16-21-12-14-23-8-4-6-10-25(23)18-21/h1,3-14,17-19H,15-16H2. The molecular formula is C25H20. The van der Waals surface area contributed by atoms with Crippen LogP contribution in [-0.4, -0.2) is 0 Å². The molecule has 0 radical (unpaired) electrons. The molecule has 4 aromatic rings. The number of fused-ring (bicyclic) bond motifs is 2. The molecule has 0 aromatic heterocycles. The van der Waals surface area contributed by atoms with Gasteiger partial charge in [-0.15, -0.1) is 12.3 Å². The van der Waals surface area contributed by atoms with Gasteiger partial charge in [0.25, 0.3) is 0 Å². The minimum absolute atomic E-state index is 0.210. The fraction of sp³-hybridized carbons (Fsp3) is 0.120. The Morgan fingerprint density at radius 1 is 0.600 bits per heavy atom. The van der Waals surface area contributed by atoms with Gasteiger partial charge >= 0.3 is 0 Å². The Hall–Kier alpha value is -3.04. The molecule has 0 amide bonds. The summed E-state index contributed by atoms with van der Waals surface area (Å²) in [7, 11) is 0. The van der Waals surface area contributed by atoms with E-state index in [1.165, 1.54) is 32.7 Å². The summed E-state index contributed by atoms with van der Waals surface area (Å²) < 4.78 is 0. The van der Waals surface area contributed by atoms with Gasteiger partial charge in [0.15, 0.2) is 0 Å². The van der Waals surface area contributed by atoms with Gasteiger partial charge in [0, 0.05) is 5.92 Å². The summed E-state index contributed by atoms with van der Waals surface area (Å²) in [5.41, 5.74) is 2.62. The van der Waals surface area contributed by atoms with Crippen LogP contribution in [0.25, 0.3) is 21.5 Å². The predicted molar refractivity (Wildman–Crippen MR) is 108 cm³/mol. The van der Waals surface area contributed by atoms with Gasteiger partial charge in [-0.1, -0.05) is 84.9 Å². The summed E-state index contributed by atoms with van der Waals surface area (Å²) in [6.07, 6.45) is 7.67. The molecule has 0 fully saturated rings. The largest absolute Gasteiger partial charge is 0.120 e. The summed E-state index contributed by atoms with van der Waals surface area (Å²) in [6, 6.07) is 30.2. The Morgan fingerprint density at radius 2 is 1.04 bits per heavy atom. The molecule has 0 heterocycles. The lowest BCUT2D eigenvalue weighted by Gasteiger charge is -2.12. The highest BCUT2D eigenvalue weighted by Crippen LogP contribution is 2.22. The average Bonchev–Trinajstić information content (AvgIpc) is 2.67. The first-order valence-corrected chi connectivity index (χ1v) is 8.73. The van der Waals surface area contributed by atoms with Gasteiger partial charge in [-0.3, -0.25) is 0 Å². The lowest BCUT2D eigenvalue weighted by molar-refractivity contribution is 0.668. The van der Waals surface area contributed by atoms with E-state index < -0.39 is 0 Å². The first kappa shape index (κ1) is 15.5. The second kappa shape index (κ2) is 6.83. The number of hydrogen-bond donors (Lipinski definition) is 0. The van der Waals surface area contributed by atoms with Crippen LogP contribution in [0, 0.1) is 18.3 Å². The van der Waals surface area contributed by atoms with Crippen molar-refractivity contribution in [2.75, 3.05) is 0 Å². The third kappa shape index (κ3) is 3.42. The maximum atomic E-state index is 5.84. The van der Waals surface area contributed by atoms with Crippen LogP contribution in [0.4, 0.5) is 0 Å². The summed E-state index contributed by atoms with van der Waals surface area (Å²) in [5, 5.41) is 5.11. The molecule has 0 bridgehead atoms. The van der Waals surface area contributed by atoms with Crippen LogP contribution in [-0.2, 0) is 12.8 Å². The molecule has 0 aliphatic heterocycles. The number of rotatable bonds is 4. The molecule has 0 atom stereocenters. The molecule has 0 saturated carbocycles. The van der Waals surface area contributed by atoms with E-state index in [0.717, 1.165) is 12.8 Å². The highest BCUT2D eigenvalue weighted by atomic mass is 14.1. The van der Waals surface area contributed by atoms with E-state index in [-0.39, 0.29) is 5.92 Å². The van der Waals surface area contributed by atoms with Gasteiger partial charge in [-0.05, 0) is 45.5 Å². The molecule has 4 aromatic carbocycles. The number of terminal acetylenes is 1. The smallest absolute Gasteiger partial charge is 0.0280 e. The zero-order valence-electron chi connectivity index (χ0n) is 14.2. The Balaban J connectivity index is 1.55. The van der Waals surface area contributed by atoms with Crippen molar-refractivity contribution in [2.24, 2.45) is 5.92 Å². The Labute approximate surface area is 149 Å². The van der Waals surface area contributed by atoms with Crippen LogP contribution in [0.5, 0.6) is 0 Å². The van der Waals surface area contributed by atoms with Crippen molar-refractivity contribution in [3.05, 3.63) is 96.1 Å². The van der Waals surface area contributed by atoms with Gasteiger partial charge in [0.2, 0.25) is 0 Å². The van der Waals surface area contributed by atoms with E-state index in [2.05, 4.69) is 90.8 Å². The summed E-state index contributed by atoms with van der Waals surface area (Å²) in [4.78, 5) is 0. The van der Waals surface area contributed by atoms with Crippen molar-refractivity contribution >= 4 is 21.5 Å². The van der Waals surface area contributed by atoms with E-state index in [0.29, 0.717) is 0 Å². The Bertz CT molecular complexity index is 985. The molecule has 0 saturated heterocycles. The first-order valence-electron chi connectivity index (χ1n) is 8.73. The molecule has 0 aliphatic rings.